The average molecular weight is 354 g/mol. The van der Waals surface area contributed by atoms with E-state index in [-0.39, 0.29) is 0 Å². The predicted molar refractivity (Wildman–Crippen MR) is 83.2 cm³/mol. The van der Waals surface area contributed by atoms with Crippen LogP contribution in [0.25, 0.3) is 11.0 Å². The molecule has 8 heteroatoms. The molecule has 0 amide bonds. The smallest absolute Gasteiger partial charge is 0.236 e. The number of benzene rings is 2. The van der Waals surface area contributed by atoms with Gasteiger partial charge in [-0.25, -0.2) is 17.4 Å². The lowest BCUT2D eigenvalue weighted by Crippen LogP contribution is -2.14. The molecule has 1 heterocycles. The average Bonchev–Trinajstić information content (AvgIpc) is 2.90. The fourth-order valence-electron chi connectivity index (χ4n) is 2.38. The minimum atomic E-state index is -4.61. The van der Waals surface area contributed by atoms with Crippen molar-refractivity contribution in [2.45, 2.75) is 24.9 Å². The van der Waals surface area contributed by atoms with E-state index in [0.717, 1.165) is 39.6 Å². The zero-order valence-electron chi connectivity index (χ0n) is 12.8. The summed E-state index contributed by atoms with van der Waals surface area (Å²) in [5.41, 5.74) is 1.59. The van der Waals surface area contributed by atoms with Crippen molar-refractivity contribution in [1.29, 1.82) is 0 Å². The third kappa shape index (κ3) is 2.66. The van der Waals surface area contributed by atoms with Gasteiger partial charge in [0.25, 0.3) is 10.0 Å². The van der Waals surface area contributed by atoms with Crippen LogP contribution in [0.1, 0.15) is 16.7 Å². The van der Waals surface area contributed by atoms with E-state index in [2.05, 4.69) is 4.98 Å². The molecule has 0 radical (unpaired) electrons. The van der Waals surface area contributed by atoms with Gasteiger partial charge in [0, 0.05) is 0 Å². The molecule has 4 nitrogen and oxygen atoms in total. The van der Waals surface area contributed by atoms with Gasteiger partial charge in [0.05, 0.1) is 21.5 Å². The van der Waals surface area contributed by atoms with Gasteiger partial charge in [-0.3, -0.25) is 0 Å². The van der Waals surface area contributed by atoms with E-state index in [4.69, 9.17) is 0 Å². The molecule has 1 aromatic heterocycles. The maximum atomic E-state index is 12.8. The van der Waals surface area contributed by atoms with Crippen LogP contribution >= 0.6 is 0 Å². The molecule has 3 rings (SSSR count). The first-order chi connectivity index (χ1) is 11.1. The molecule has 24 heavy (non-hydrogen) atoms. The quantitative estimate of drug-likeness (QED) is 0.701. The van der Waals surface area contributed by atoms with Crippen LogP contribution in [-0.4, -0.2) is 17.4 Å². The summed E-state index contributed by atoms with van der Waals surface area (Å²) < 4.78 is 64.9. The summed E-state index contributed by atoms with van der Waals surface area (Å²) in [5, 5.41) is 0. The Balaban J connectivity index is 2.21. The largest absolute Gasteiger partial charge is 0.416 e. The van der Waals surface area contributed by atoms with Gasteiger partial charge in [0.1, 0.15) is 6.33 Å². The Morgan fingerprint density at radius 3 is 2.38 bits per heavy atom. The van der Waals surface area contributed by atoms with Crippen LogP contribution in [0, 0.1) is 13.8 Å². The lowest BCUT2D eigenvalue weighted by atomic mass is 10.1. The fraction of sp³-hybridized carbons (Fsp3) is 0.188. The highest BCUT2D eigenvalue weighted by atomic mass is 32.2. The summed E-state index contributed by atoms with van der Waals surface area (Å²) in [4.78, 5) is 3.61. The second-order valence-electron chi connectivity index (χ2n) is 5.50. The van der Waals surface area contributed by atoms with Crippen LogP contribution in [-0.2, 0) is 16.2 Å². The van der Waals surface area contributed by atoms with E-state index < -0.39 is 26.7 Å². The highest BCUT2D eigenvalue weighted by Gasteiger charge is 2.32. The van der Waals surface area contributed by atoms with Crippen molar-refractivity contribution < 1.29 is 21.6 Å². The van der Waals surface area contributed by atoms with E-state index >= 15 is 0 Å². The second kappa shape index (κ2) is 5.34. The molecule has 0 atom stereocenters. The number of rotatable bonds is 2. The first-order valence-corrected chi connectivity index (χ1v) is 8.42. The Morgan fingerprint density at radius 1 is 1.04 bits per heavy atom. The van der Waals surface area contributed by atoms with Crippen LogP contribution in [0.2, 0.25) is 0 Å². The Kier molecular flexibility index (Phi) is 3.67. The number of fused-ring (bicyclic) bond motifs is 1. The fourth-order valence-corrected chi connectivity index (χ4v) is 3.71. The van der Waals surface area contributed by atoms with Crippen molar-refractivity contribution in [2.24, 2.45) is 0 Å². The van der Waals surface area contributed by atoms with Crippen LogP contribution in [0.15, 0.2) is 47.6 Å². The molecule has 0 saturated carbocycles. The van der Waals surface area contributed by atoms with E-state index in [9.17, 15) is 21.6 Å². The van der Waals surface area contributed by atoms with Gasteiger partial charge in [-0.1, -0.05) is 6.07 Å². The van der Waals surface area contributed by atoms with Crippen molar-refractivity contribution in [3.05, 3.63) is 59.4 Å². The molecule has 0 spiro atoms. The summed E-state index contributed by atoms with van der Waals surface area (Å²) in [6.45, 7) is 3.69. The molecule has 0 unspecified atom stereocenters. The number of aromatic nitrogens is 2. The van der Waals surface area contributed by atoms with Crippen molar-refractivity contribution >= 4 is 21.1 Å². The number of aryl methyl sites for hydroxylation is 2. The van der Waals surface area contributed by atoms with Gasteiger partial charge < -0.3 is 0 Å². The number of halogens is 3. The molecule has 2 aromatic carbocycles. The van der Waals surface area contributed by atoms with Crippen LogP contribution < -0.4 is 0 Å². The SMILES string of the molecule is Cc1cc2ncn(S(=O)(=O)c3cccc(C(F)(F)F)c3)c2cc1C. The van der Waals surface area contributed by atoms with Gasteiger partial charge >= 0.3 is 6.18 Å². The molecular weight excluding hydrogens is 341 g/mol. The molecule has 0 aliphatic rings. The number of hydrogen-bond donors (Lipinski definition) is 0. The van der Waals surface area contributed by atoms with E-state index in [1.54, 1.807) is 12.1 Å². The van der Waals surface area contributed by atoms with Gasteiger partial charge in [-0.05, 0) is 55.3 Å². The molecule has 0 bridgehead atoms. The van der Waals surface area contributed by atoms with Gasteiger partial charge in [-0.2, -0.15) is 13.2 Å². The first-order valence-electron chi connectivity index (χ1n) is 6.98. The molecule has 0 fully saturated rings. The lowest BCUT2D eigenvalue weighted by Gasteiger charge is -2.11. The number of imidazole rings is 1. The van der Waals surface area contributed by atoms with Gasteiger partial charge in [0.2, 0.25) is 0 Å². The molecule has 0 saturated heterocycles. The van der Waals surface area contributed by atoms with Crippen molar-refractivity contribution in [1.82, 2.24) is 8.96 Å². The Bertz CT molecular complexity index is 1040. The number of nitrogens with zero attached hydrogens (tertiary/aromatic N) is 2. The van der Waals surface area contributed by atoms with Crippen molar-refractivity contribution in [3.63, 3.8) is 0 Å². The van der Waals surface area contributed by atoms with Crippen LogP contribution in [0.3, 0.4) is 0 Å². The zero-order chi connectivity index (χ0) is 17.7. The lowest BCUT2D eigenvalue weighted by molar-refractivity contribution is -0.137. The summed E-state index contributed by atoms with van der Waals surface area (Å²) >= 11 is 0. The summed E-state index contributed by atoms with van der Waals surface area (Å²) in [6.07, 6.45) is -3.50. The number of hydrogen-bond acceptors (Lipinski definition) is 3. The minimum Gasteiger partial charge on any atom is -0.236 e. The standard InChI is InChI=1S/C16H13F3N2O2S/c1-10-6-14-15(7-11(10)2)21(9-20-14)24(22,23)13-5-3-4-12(8-13)16(17,18)19/h3-9H,1-2H3. The number of alkyl halides is 3. The normalized spacial score (nSPS) is 12.7. The topological polar surface area (TPSA) is 52.0 Å². The Labute approximate surface area is 136 Å². The van der Waals surface area contributed by atoms with Gasteiger partial charge in [0.15, 0.2) is 0 Å². The third-order valence-electron chi connectivity index (χ3n) is 3.85. The van der Waals surface area contributed by atoms with E-state index in [1.165, 1.54) is 0 Å². The maximum absolute atomic E-state index is 12.8. The first kappa shape index (κ1) is 16.5. The molecule has 126 valence electrons. The van der Waals surface area contributed by atoms with Gasteiger partial charge in [-0.15, -0.1) is 0 Å². The van der Waals surface area contributed by atoms with Crippen molar-refractivity contribution in [3.8, 4) is 0 Å². The zero-order valence-corrected chi connectivity index (χ0v) is 13.6. The Morgan fingerprint density at radius 2 is 1.71 bits per heavy atom. The summed E-state index contributed by atoms with van der Waals surface area (Å²) in [5.74, 6) is 0. The molecule has 0 aliphatic heterocycles. The van der Waals surface area contributed by atoms with Crippen molar-refractivity contribution in [2.75, 3.05) is 0 Å². The minimum absolute atomic E-state index is 0.329. The van der Waals surface area contributed by atoms with Crippen LogP contribution in [0.5, 0.6) is 0 Å². The maximum Gasteiger partial charge on any atom is 0.416 e. The third-order valence-corrected chi connectivity index (χ3v) is 5.51. The molecule has 0 N–H and O–H groups in total. The highest BCUT2D eigenvalue weighted by Crippen LogP contribution is 2.31. The Hall–Kier alpha value is -2.35. The van der Waals surface area contributed by atoms with E-state index in [0.29, 0.717) is 17.1 Å². The molecule has 0 aliphatic carbocycles. The highest BCUT2D eigenvalue weighted by molar-refractivity contribution is 7.90. The molecular formula is C16H13F3N2O2S. The monoisotopic (exact) mass is 354 g/mol. The molecule has 3 aromatic rings. The van der Waals surface area contributed by atoms with Crippen LogP contribution in [0.4, 0.5) is 13.2 Å². The summed E-state index contributed by atoms with van der Waals surface area (Å²) in [7, 11) is -4.18. The summed E-state index contributed by atoms with van der Waals surface area (Å²) in [6, 6.07) is 7.06. The second-order valence-corrected chi connectivity index (χ2v) is 7.31. The predicted octanol–water partition coefficient (Wildman–Crippen LogP) is 3.91. The van der Waals surface area contributed by atoms with E-state index in [1.807, 2.05) is 13.8 Å².